The number of rotatable bonds is 7. The number of carbonyl (C=O) groups excluding carboxylic acids is 1. The second kappa shape index (κ2) is 9.09. The Bertz CT molecular complexity index is 1120. The molecule has 0 aliphatic carbocycles. The quantitative estimate of drug-likeness (QED) is 0.591. The summed E-state index contributed by atoms with van der Waals surface area (Å²) in [7, 11) is -2.31. The molecule has 3 aromatic carbocycles. The second-order valence-electron chi connectivity index (χ2n) is 6.14. The average Bonchev–Trinajstić information content (AvgIpc) is 2.73. The van der Waals surface area contributed by atoms with Gasteiger partial charge >= 0.3 is 0 Å². The van der Waals surface area contributed by atoms with Crippen LogP contribution in [0, 0.1) is 0 Å². The van der Waals surface area contributed by atoms with E-state index in [9.17, 15) is 13.2 Å². The summed E-state index contributed by atoms with van der Waals surface area (Å²) >= 11 is 5.98. The zero-order valence-corrected chi connectivity index (χ0v) is 17.1. The first-order valence-electron chi connectivity index (χ1n) is 8.67. The van der Waals surface area contributed by atoms with E-state index in [0.717, 1.165) is 5.56 Å². The molecule has 2 N–H and O–H groups in total. The van der Waals surface area contributed by atoms with Crippen LogP contribution in [-0.4, -0.2) is 21.4 Å². The Kier molecular flexibility index (Phi) is 6.53. The molecule has 0 atom stereocenters. The van der Waals surface area contributed by atoms with Crippen LogP contribution in [0.1, 0.15) is 15.9 Å². The first-order valence-corrected chi connectivity index (χ1v) is 10.5. The SMILES string of the molecule is COc1ccc(Cl)cc1NC(=O)c1cccc(S(=O)(=O)NCc2ccccc2)c1. The molecule has 0 aromatic heterocycles. The van der Waals surface area contributed by atoms with Gasteiger partial charge in [0.2, 0.25) is 10.0 Å². The first kappa shape index (κ1) is 20.9. The average molecular weight is 431 g/mol. The standard InChI is InChI=1S/C21H19ClN2O4S/c1-28-20-11-10-17(22)13-19(20)24-21(25)16-8-5-9-18(12-16)29(26,27)23-14-15-6-3-2-4-7-15/h2-13,23H,14H2,1H3,(H,24,25). The van der Waals surface area contributed by atoms with Crippen LogP contribution in [0.4, 0.5) is 5.69 Å². The minimum absolute atomic E-state index is 0.000796. The van der Waals surface area contributed by atoms with Crippen LogP contribution in [0.25, 0.3) is 0 Å². The summed E-state index contributed by atoms with van der Waals surface area (Å²) in [6.45, 7) is 0.152. The van der Waals surface area contributed by atoms with Crippen molar-refractivity contribution in [1.82, 2.24) is 4.72 Å². The van der Waals surface area contributed by atoms with Crippen molar-refractivity contribution in [2.45, 2.75) is 11.4 Å². The highest BCUT2D eigenvalue weighted by Gasteiger charge is 2.17. The van der Waals surface area contributed by atoms with Crippen molar-refractivity contribution in [3.8, 4) is 5.75 Å². The highest BCUT2D eigenvalue weighted by atomic mass is 35.5. The molecule has 3 aromatic rings. The van der Waals surface area contributed by atoms with Gasteiger partial charge in [0.05, 0.1) is 17.7 Å². The summed E-state index contributed by atoms with van der Waals surface area (Å²) in [6, 6.07) is 19.8. The number of benzene rings is 3. The topological polar surface area (TPSA) is 84.5 Å². The molecule has 0 heterocycles. The maximum absolute atomic E-state index is 12.6. The van der Waals surface area contributed by atoms with E-state index in [0.29, 0.717) is 16.5 Å². The molecular weight excluding hydrogens is 412 g/mol. The predicted octanol–water partition coefficient (Wildman–Crippen LogP) is 4.08. The van der Waals surface area contributed by atoms with Crippen molar-refractivity contribution >= 4 is 33.2 Å². The molecule has 0 saturated heterocycles. The Morgan fingerprint density at radius 3 is 2.48 bits per heavy atom. The minimum atomic E-state index is -3.78. The molecular formula is C21H19ClN2O4S. The van der Waals surface area contributed by atoms with E-state index in [1.165, 1.54) is 31.4 Å². The molecule has 0 bridgehead atoms. The zero-order valence-electron chi connectivity index (χ0n) is 15.6. The van der Waals surface area contributed by atoms with Crippen LogP contribution in [0.2, 0.25) is 5.02 Å². The van der Waals surface area contributed by atoms with Crippen molar-refractivity contribution in [2.24, 2.45) is 0 Å². The van der Waals surface area contributed by atoms with Gasteiger partial charge in [-0.1, -0.05) is 48.0 Å². The van der Waals surface area contributed by atoms with Crippen molar-refractivity contribution in [3.05, 3.63) is 88.9 Å². The number of sulfonamides is 1. The molecule has 8 heteroatoms. The van der Waals surface area contributed by atoms with Crippen molar-refractivity contribution < 1.29 is 17.9 Å². The van der Waals surface area contributed by atoms with Crippen molar-refractivity contribution in [1.29, 1.82) is 0 Å². The Hall–Kier alpha value is -2.87. The van der Waals surface area contributed by atoms with Crippen LogP contribution < -0.4 is 14.8 Å². The van der Waals surface area contributed by atoms with Gasteiger partial charge in [-0.05, 0) is 42.0 Å². The highest BCUT2D eigenvalue weighted by molar-refractivity contribution is 7.89. The molecule has 0 unspecified atom stereocenters. The normalized spacial score (nSPS) is 11.1. The minimum Gasteiger partial charge on any atom is -0.495 e. The van der Waals surface area contributed by atoms with Crippen molar-refractivity contribution in [2.75, 3.05) is 12.4 Å². The monoisotopic (exact) mass is 430 g/mol. The maximum atomic E-state index is 12.6. The van der Waals surface area contributed by atoms with E-state index in [1.54, 1.807) is 18.2 Å². The largest absolute Gasteiger partial charge is 0.495 e. The van der Waals surface area contributed by atoms with E-state index in [1.807, 2.05) is 30.3 Å². The van der Waals surface area contributed by atoms with Crippen LogP contribution >= 0.6 is 11.6 Å². The number of amides is 1. The van der Waals surface area contributed by atoms with Crippen LogP contribution in [0.5, 0.6) is 5.75 Å². The van der Waals surface area contributed by atoms with Gasteiger partial charge in [-0.15, -0.1) is 0 Å². The van der Waals surface area contributed by atoms with Crippen LogP contribution in [0.3, 0.4) is 0 Å². The first-order chi connectivity index (χ1) is 13.9. The van der Waals surface area contributed by atoms with E-state index < -0.39 is 15.9 Å². The number of hydrogen-bond donors (Lipinski definition) is 2. The molecule has 29 heavy (non-hydrogen) atoms. The van der Waals surface area contributed by atoms with Gasteiger partial charge < -0.3 is 10.1 Å². The third kappa shape index (κ3) is 5.35. The summed E-state index contributed by atoms with van der Waals surface area (Å²) in [5.41, 5.74) is 1.41. The molecule has 0 aliphatic heterocycles. The molecule has 1 amide bonds. The third-order valence-electron chi connectivity index (χ3n) is 4.13. The lowest BCUT2D eigenvalue weighted by molar-refractivity contribution is 0.102. The summed E-state index contributed by atoms with van der Waals surface area (Å²) in [4.78, 5) is 12.6. The van der Waals surface area contributed by atoms with E-state index in [2.05, 4.69) is 10.0 Å². The lowest BCUT2D eigenvalue weighted by Crippen LogP contribution is -2.23. The summed E-state index contributed by atoms with van der Waals surface area (Å²) in [5, 5.41) is 3.12. The third-order valence-corrected chi connectivity index (χ3v) is 5.76. The summed E-state index contributed by atoms with van der Waals surface area (Å²) < 4.78 is 33.0. The number of carbonyl (C=O) groups is 1. The van der Waals surface area contributed by atoms with E-state index in [4.69, 9.17) is 16.3 Å². The van der Waals surface area contributed by atoms with Gasteiger partial charge in [-0.25, -0.2) is 13.1 Å². The molecule has 0 fully saturated rings. The number of ether oxygens (including phenoxy) is 1. The van der Waals surface area contributed by atoms with Gasteiger partial charge in [0, 0.05) is 17.1 Å². The number of methoxy groups -OCH3 is 1. The van der Waals surface area contributed by atoms with Gasteiger partial charge in [-0.2, -0.15) is 0 Å². The number of anilines is 1. The van der Waals surface area contributed by atoms with Gasteiger partial charge in [-0.3, -0.25) is 4.79 Å². The maximum Gasteiger partial charge on any atom is 0.255 e. The van der Waals surface area contributed by atoms with E-state index in [-0.39, 0.29) is 17.0 Å². The zero-order chi connectivity index (χ0) is 20.9. The number of hydrogen-bond acceptors (Lipinski definition) is 4. The Morgan fingerprint density at radius 2 is 1.76 bits per heavy atom. The fourth-order valence-corrected chi connectivity index (χ4v) is 3.87. The smallest absolute Gasteiger partial charge is 0.255 e. The molecule has 6 nitrogen and oxygen atoms in total. The number of nitrogens with one attached hydrogen (secondary N) is 2. The Labute approximate surface area is 174 Å². The molecule has 3 rings (SSSR count). The summed E-state index contributed by atoms with van der Waals surface area (Å²) in [5.74, 6) is -0.0401. The molecule has 0 radical (unpaired) electrons. The van der Waals surface area contributed by atoms with Crippen LogP contribution in [-0.2, 0) is 16.6 Å². The lowest BCUT2D eigenvalue weighted by atomic mass is 10.2. The van der Waals surface area contributed by atoms with Crippen molar-refractivity contribution in [3.63, 3.8) is 0 Å². The number of halogens is 1. The fraction of sp³-hybridized carbons (Fsp3) is 0.0952. The summed E-state index contributed by atoms with van der Waals surface area (Å²) in [6.07, 6.45) is 0. The molecule has 150 valence electrons. The Balaban J connectivity index is 1.78. The molecule has 0 saturated carbocycles. The molecule has 0 spiro atoms. The molecule has 0 aliphatic rings. The van der Waals surface area contributed by atoms with Crippen LogP contribution in [0.15, 0.2) is 77.7 Å². The Morgan fingerprint density at radius 1 is 1.00 bits per heavy atom. The highest BCUT2D eigenvalue weighted by Crippen LogP contribution is 2.28. The van der Waals surface area contributed by atoms with Gasteiger partial charge in [0.25, 0.3) is 5.91 Å². The lowest BCUT2D eigenvalue weighted by Gasteiger charge is -2.12. The second-order valence-corrected chi connectivity index (χ2v) is 8.34. The van der Waals surface area contributed by atoms with E-state index >= 15 is 0 Å². The van der Waals surface area contributed by atoms with Gasteiger partial charge in [0.15, 0.2) is 0 Å². The van der Waals surface area contributed by atoms with Gasteiger partial charge in [0.1, 0.15) is 5.75 Å². The fourth-order valence-electron chi connectivity index (χ4n) is 2.63. The predicted molar refractivity (Wildman–Crippen MR) is 113 cm³/mol.